The van der Waals surface area contributed by atoms with E-state index in [1.807, 2.05) is 11.5 Å². The average molecular weight is 204 g/mol. The van der Waals surface area contributed by atoms with Gasteiger partial charge >= 0.3 is 5.69 Å². The van der Waals surface area contributed by atoms with Gasteiger partial charge < -0.3 is 4.57 Å². The molecule has 0 N–H and O–H groups in total. The summed E-state index contributed by atoms with van der Waals surface area (Å²) in [5, 5.41) is 0. The number of nitrogens with zero attached hydrogens (tertiary/aromatic N) is 4. The van der Waals surface area contributed by atoms with Crippen LogP contribution < -0.4 is 5.69 Å². The van der Waals surface area contributed by atoms with Crippen molar-refractivity contribution in [3.63, 3.8) is 0 Å². The maximum absolute atomic E-state index is 11.4. The van der Waals surface area contributed by atoms with Crippen molar-refractivity contribution < 1.29 is 0 Å². The van der Waals surface area contributed by atoms with Crippen LogP contribution in [0.15, 0.2) is 35.8 Å². The van der Waals surface area contributed by atoms with Gasteiger partial charge in [-0.2, -0.15) is 0 Å². The lowest BCUT2D eigenvalue weighted by molar-refractivity contribution is 0.645. The highest BCUT2D eigenvalue weighted by Gasteiger charge is 2.02. The van der Waals surface area contributed by atoms with E-state index in [1.165, 1.54) is 6.20 Å². The Balaban J connectivity index is 2.30. The van der Waals surface area contributed by atoms with Crippen LogP contribution in [0.5, 0.6) is 0 Å². The number of hydrogen-bond acceptors (Lipinski definition) is 3. The van der Waals surface area contributed by atoms with Crippen LogP contribution in [0.1, 0.15) is 12.6 Å². The molecule has 0 atom stereocenters. The second kappa shape index (κ2) is 4.08. The quantitative estimate of drug-likeness (QED) is 0.732. The van der Waals surface area contributed by atoms with E-state index in [2.05, 4.69) is 9.97 Å². The molecule has 0 saturated heterocycles. The van der Waals surface area contributed by atoms with Gasteiger partial charge in [-0.05, 0) is 13.0 Å². The van der Waals surface area contributed by atoms with Crippen molar-refractivity contribution in [1.29, 1.82) is 0 Å². The lowest BCUT2D eigenvalue weighted by atomic mass is 10.4. The topological polar surface area (TPSA) is 52.7 Å². The Bertz CT molecular complexity index is 500. The summed E-state index contributed by atoms with van der Waals surface area (Å²) in [4.78, 5) is 19.1. The van der Waals surface area contributed by atoms with Crippen molar-refractivity contribution in [2.45, 2.75) is 20.0 Å². The molecule has 0 unspecified atom stereocenters. The van der Waals surface area contributed by atoms with E-state index in [-0.39, 0.29) is 5.69 Å². The molecular formula is C10H12N4O. The summed E-state index contributed by atoms with van der Waals surface area (Å²) >= 11 is 0. The van der Waals surface area contributed by atoms with E-state index >= 15 is 0 Å². The lowest BCUT2D eigenvalue weighted by Gasteiger charge is -2.06. The molecule has 0 saturated carbocycles. The Morgan fingerprint density at radius 2 is 2.27 bits per heavy atom. The zero-order chi connectivity index (χ0) is 10.7. The smallest absolute Gasteiger partial charge is 0.333 e. The van der Waals surface area contributed by atoms with Crippen LogP contribution in [0.3, 0.4) is 0 Å². The molecule has 2 aromatic heterocycles. The van der Waals surface area contributed by atoms with Crippen molar-refractivity contribution in [2.24, 2.45) is 0 Å². The van der Waals surface area contributed by atoms with Crippen LogP contribution in [0.2, 0.25) is 0 Å². The fourth-order valence-corrected chi connectivity index (χ4v) is 1.45. The summed E-state index contributed by atoms with van der Waals surface area (Å²) in [6, 6.07) is 1.74. The molecule has 0 aliphatic carbocycles. The van der Waals surface area contributed by atoms with Gasteiger partial charge in [0.1, 0.15) is 0 Å². The molecule has 0 aliphatic heterocycles. The standard InChI is InChI=1S/C10H12N4O/c1-2-13-8-11-6-9(13)7-14-5-3-4-12-10(14)15/h3-6,8H,2,7H2,1H3. The summed E-state index contributed by atoms with van der Waals surface area (Å²) in [6.45, 7) is 3.40. The lowest BCUT2D eigenvalue weighted by Crippen LogP contribution is -2.22. The van der Waals surface area contributed by atoms with Crippen LogP contribution in [0, 0.1) is 0 Å². The van der Waals surface area contributed by atoms with Crippen LogP contribution in [-0.4, -0.2) is 19.1 Å². The second-order valence-corrected chi connectivity index (χ2v) is 3.20. The van der Waals surface area contributed by atoms with E-state index in [0.717, 1.165) is 12.2 Å². The van der Waals surface area contributed by atoms with Crippen LogP contribution in [0.4, 0.5) is 0 Å². The molecule has 0 fully saturated rings. The van der Waals surface area contributed by atoms with Gasteiger partial charge in [0.05, 0.1) is 18.6 Å². The minimum Gasteiger partial charge on any atom is -0.333 e. The Hall–Kier alpha value is -1.91. The fourth-order valence-electron chi connectivity index (χ4n) is 1.45. The third kappa shape index (κ3) is 1.96. The normalized spacial score (nSPS) is 10.5. The van der Waals surface area contributed by atoms with Crippen molar-refractivity contribution in [3.8, 4) is 0 Å². The molecule has 0 radical (unpaired) electrons. The maximum atomic E-state index is 11.4. The van der Waals surface area contributed by atoms with Crippen molar-refractivity contribution in [1.82, 2.24) is 19.1 Å². The third-order valence-electron chi connectivity index (χ3n) is 2.25. The molecule has 5 nitrogen and oxygen atoms in total. The van der Waals surface area contributed by atoms with Gasteiger partial charge in [-0.1, -0.05) is 0 Å². The van der Waals surface area contributed by atoms with Gasteiger partial charge in [0.2, 0.25) is 0 Å². The molecule has 5 heteroatoms. The molecule has 2 aromatic rings. The summed E-state index contributed by atoms with van der Waals surface area (Å²) in [7, 11) is 0. The fraction of sp³-hybridized carbons (Fsp3) is 0.300. The molecular weight excluding hydrogens is 192 g/mol. The Morgan fingerprint density at radius 1 is 1.40 bits per heavy atom. The minimum atomic E-state index is -0.235. The highest BCUT2D eigenvalue weighted by molar-refractivity contribution is 4.99. The maximum Gasteiger partial charge on any atom is 0.347 e. The highest BCUT2D eigenvalue weighted by Crippen LogP contribution is 2.00. The summed E-state index contributed by atoms with van der Waals surface area (Å²) in [6.07, 6.45) is 6.75. The number of hydrogen-bond donors (Lipinski definition) is 0. The minimum absolute atomic E-state index is 0.235. The summed E-state index contributed by atoms with van der Waals surface area (Å²) in [5.41, 5.74) is 0.772. The molecule has 15 heavy (non-hydrogen) atoms. The van der Waals surface area contributed by atoms with Gasteiger partial charge in [0.15, 0.2) is 0 Å². The Morgan fingerprint density at radius 3 is 3.00 bits per heavy atom. The van der Waals surface area contributed by atoms with E-state index in [1.54, 1.807) is 29.4 Å². The predicted molar refractivity (Wildman–Crippen MR) is 55.5 cm³/mol. The molecule has 78 valence electrons. The third-order valence-corrected chi connectivity index (χ3v) is 2.25. The zero-order valence-corrected chi connectivity index (χ0v) is 8.50. The molecule has 0 aromatic carbocycles. The zero-order valence-electron chi connectivity index (χ0n) is 8.50. The largest absolute Gasteiger partial charge is 0.347 e. The van der Waals surface area contributed by atoms with E-state index in [9.17, 15) is 4.79 Å². The second-order valence-electron chi connectivity index (χ2n) is 3.20. The Labute approximate surface area is 87.0 Å². The van der Waals surface area contributed by atoms with Gasteiger partial charge in [0, 0.05) is 25.1 Å². The van der Waals surface area contributed by atoms with Crippen molar-refractivity contribution in [2.75, 3.05) is 0 Å². The highest BCUT2D eigenvalue weighted by atomic mass is 16.1. The first kappa shape index (κ1) is 9.64. The molecule has 0 bridgehead atoms. The van der Waals surface area contributed by atoms with E-state index in [0.29, 0.717) is 6.54 Å². The van der Waals surface area contributed by atoms with Gasteiger partial charge in [-0.3, -0.25) is 4.57 Å². The monoisotopic (exact) mass is 204 g/mol. The molecule has 2 rings (SSSR count). The number of rotatable bonds is 3. The average Bonchev–Trinajstić information content (AvgIpc) is 2.69. The van der Waals surface area contributed by atoms with Gasteiger partial charge in [0.25, 0.3) is 0 Å². The van der Waals surface area contributed by atoms with Crippen molar-refractivity contribution in [3.05, 3.63) is 47.2 Å². The molecule has 2 heterocycles. The first-order chi connectivity index (χ1) is 7.31. The first-order valence-corrected chi connectivity index (χ1v) is 4.81. The summed E-state index contributed by atoms with van der Waals surface area (Å²) in [5.74, 6) is 0. The van der Waals surface area contributed by atoms with Gasteiger partial charge in [-0.25, -0.2) is 14.8 Å². The number of aryl methyl sites for hydroxylation is 1. The van der Waals surface area contributed by atoms with Crippen LogP contribution in [0.25, 0.3) is 0 Å². The van der Waals surface area contributed by atoms with Crippen molar-refractivity contribution >= 4 is 0 Å². The SMILES string of the molecule is CCn1cncc1Cn1cccnc1=O. The number of aromatic nitrogens is 4. The molecule has 0 aliphatic rings. The van der Waals surface area contributed by atoms with Crippen LogP contribution in [-0.2, 0) is 13.1 Å². The van der Waals surface area contributed by atoms with Crippen LogP contribution >= 0.6 is 0 Å². The Kier molecular flexibility index (Phi) is 2.62. The number of imidazole rings is 1. The predicted octanol–water partition coefficient (Wildman–Crippen LogP) is 0.508. The molecule has 0 amide bonds. The molecule has 0 spiro atoms. The van der Waals surface area contributed by atoms with E-state index < -0.39 is 0 Å². The summed E-state index contributed by atoms with van der Waals surface area (Å²) < 4.78 is 3.56. The van der Waals surface area contributed by atoms with E-state index in [4.69, 9.17) is 0 Å². The first-order valence-electron chi connectivity index (χ1n) is 4.81. The van der Waals surface area contributed by atoms with Gasteiger partial charge in [-0.15, -0.1) is 0 Å².